The molecule has 0 aromatic rings. The molecule has 0 saturated carbocycles. The Morgan fingerprint density at radius 3 is 2.45 bits per heavy atom. The Morgan fingerprint density at radius 2 is 2.09 bits per heavy atom. The lowest BCUT2D eigenvalue weighted by atomic mass is 10.0. The molecule has 3 heteroatoms. The molecule has 0 amide bonds. The molecule has 0 aromatic heterocycles. The molecule has 1 aliphatic carbocycles. The van der Waals surface area contributed by atoms with Gasteiger partial charge < -0.3 is 4.90 Å². The predicted octanol–water partition coefficient (Wildman–Crippen LogP) is 2.52. The van der Waals surface area contributed by atoms with Crippen LogP contribution in [-0.2, 0) is 0 Å². The van der Waals surface area contributed by atoms with E-state index in [1.165, 1.54) is 23.8 Å². The fourth-order valence-electron chi connectivity index (χ4n) is 1.28. The van der Waals surface area contributed by atoms with Crippen molar-refractivity contribution in [2.24, 2.45) is 0 Å². The van der Waals surface area contributed by atoms with Crippen LogP contribution < -0.4 is 0 Å². The smallest absolute Gasteiger partial charge is 0.0380 e. The highest BCUT2D eigenvalue weighted by Gasteiger charge is 2.16. The average Bonchev–Trinajstić information content (AvgIpc) is 2.05. The molecule has 2 atom stereocenters. The van der Waals surface area contributed by atoms with Crippen molar-refractivity contribution < 1.29 is 0 Å². The second kappa shape index (κ2) is 4.39. The highest BCUT2D eigenvalue weighted by Crippen LogP contribution is 2.26. The van der Waals surface area contributed by atoms with Crippen LogP contribution in [0.1, 0.15) is 12.8 Å². The van der Waals surface area contributed by atoms with Gasteiger partial charge in [-0.3, -0.25) is 0 Å². The molecule has 0 spiro atoms. The topological polar surface area (TPSA) is 3.24 Å². The molecule has 1 rings (SSSR count). The Kier molecular flexibility index (Phi) is 3.76. The first-order chi connectivity index (χ1) is 5.24. The summed E-state index contributed by atoms with van der Waals surface area (Å²) in [6.45, 7) is 0. The van der Waals surface area contributed by atoms with Gasteiger partial charge in [0.25, 0.3) is 0 Å². The molecule has 0 bridgehead atoms. The van der Waals surface area contributed by atoms with Crippen molar-refractivity contribution in [1.29, 1.82) is 0 Å². The monoisotopic (exact) mass is 191 g/mol. The summed E-state index contributed by atoms with van der Waals surface area (Å²) in [5, 5.41) is 0.535. The molecule has 0 radical (unpaired) electrons. The van der Waals surface area contributed by atoms with Crippen LogP contribution in [-0.4, -0.2) is 30.3 Å². The van der Waals surface area contributed by atoms with Crippen LogP contribution in [0.3, 0.4) is 0 Å². The summed E-state index contributed by atoms with van der Waals surface area (Å²) in [6, 6.07) is 0.620. The van der Waals surface area contributed by atoms with E-state index in [0.717, 1.165) is 0 Å². The van der Waals surface area contributed by atoms with Crippen LogP contribution in [0.2, 0.25) is 0 Å². The molecule has 0 aromatic carbocycles. The molecule has 2 unspecified atom stereocenters. The Bertz CT molecular complexity index is 147. The molecule has 0 heterocycles. The first kappa shape index (κ1) is 9.43. The van der Waals surface area contributed by atoms with Crippen molar-refractivity contribution in [3.63, 3.8) is 0 Å². The van der Waals surface area contributed by atoms with Crippen molar-refractivity contribution in [2.75, 3.05) is 14.1 Å². The second-order valence-corrected chi connectivity index (χ2v) is 4.44. The summed E-state index contributed by atoms with van der Waals surface area (Å²) < 4.78 is 0. The second-order valence-electron chi connectivity index (χ2n) is 3.12. The van der Waals surface area contributed by atoms with Gasteiger partial charge in [0.05, 0.1) is 0 Å². The summed E-state index contributed by atoms with van der Waals surface area (Å²) in [7, 11) is 11.3. The zero-order valence-electron chi connectivity index (χ0n) is 6.96. The highest BCUT2D eigenvalue weighted by molar-refractivity contribution is 8.21. The van der Waals surface area contributed by atoms with E-state index in [0.29, 0.717) is 11.3 Å². The molecule has 1 aliphatic rings. The van der Waals surface area contributed by atoms with Gasteiger partial charge in [0.15, 0.2) is 0 Å². The van der Waals surface area contributed by atoms with Gasteiger partial charge in [-0.05, 0) is 48.6 Å². The van der Waals surface area contributed by atoms with Crippen LogP contribution >= 0.6 is 21.7 Å². The maximum Gasteiger partial charge on any atom is 0.0380 e. The van der Waals surface area contributed by atoms with Gasteiger partial charge >= 0.3 is 0 Å². The zero-order valence-corrected chi connectivity index (χ0v) is 8.53. The Hall–Kier alpha value is 0.340. The molecule has 0 N–H and O–H groups in total. The third kappa shape index (κ3) is 2.69. The Morgan fingerprint density at radius 1 is 1.36 bits per heavy atom. The predicted molar refractivity (Wildman–Crippen MR) is 53.1 cm³/mol. The summed E-state index contributed by atoms with van der Waals surface area (Å²) in [6.07, 6.45) is 6.90. The first-order valence-electron chi connectivity index (χ1n) is 3.86. The average molecular weight is 192 g/mol. The van der Waals surface area contributed by atoms with E-state index in [-0.39, 0.29) is 0 Å². The van der Waals surface area contributed by atoms with Crippen molar-refractivity contribution in [1.82, 2.24) is 4.90 Å². The third-order valence-electron chi connectivity index (χ3n) is 2.07. The molecule has 0 fully saturated rings. The van der Waals surface area contributed by atoms with Crippen LogP contribution in [0.25, 0.3) is 0 Å². The summed E-state index contributed by atoms with van der Waals surface area (Å²) >= 11 is 0. The van der Waals surface area contributed by atoms with Crippen LogP contribution in [0, 0.1) is 0 Å². The molecular formula is C8H14ClNS. The summed E-state index contributed by atoms with van der Waals surface area (Å²) in [5.41, 5.74) is 0. The molecule has 0 aliphatic heterocycles. The van der Waals surface area contributed by atoms with Crippen LogP contribution in [0.15, 0.2) is 12.2 Å². The SMILES string of the molecule is CN(C)C1C=CC(SCl)CC1. The van der Waals surface area contributed by atoms with Gasteiger partial charge in [-0.1, -0.05) is 12.2 Å². The van der Waals surface area contributed by atoms with Gasteiger partial charge in [-0.15, -0.1) is 0 Å². The van der Waals surface area contributed by atoms with E-state index in [1.54, 1.807) is 0 Å². The lowest BCUT2D eigenvalue weighted by Crippen LogP contribution is -2.29. The van der Waals surface area contributed by atoms with E-state index < -0.39 is 0 Å². The van der Waals surface area contributed by atoms with Crippen molar-refractivity contribution in [2.45, 2.75) is 24.1 Å². The van der Waals surface area contributed by atoms with Crippen LogP contribution in [0.5, 0.6) is 0 Å². The lowest BCUT2D eigenvalue weighted by Gasteiger charge is -2.26. The molecular weight excluding hydrogens is 178 g/mol. The highest BCUT2D eigenvalue weighted by atomic mass is 35.7. The molecule has 64 valence electrons. The number of rotatable bonds is 2. The van der Waals surface area contributed by atoms with Crippen molar-refractivity contribution in [3.05, 3.63) is 12.2 Å². The van der Waals surface area contributed by atoms with E-state index in [4.69, 9.17) is 10.7 Å². The number of likely N-dealkylation sites (N-methyl/N-ethyl adjacent to an activating group) is 1. The fourth-order valence-corrected chi connectivity index (χ4v) is 2.10. The maximum absolute atomic E-state index is 5.66. The standard InChI is InChI=1S/C8H14ClNS/c1-10(2)7-3-5-8(11-9)6-4-7/h3,5,7-8H,4,6H2,1-2H3. The maximum atomic E-state index is 5.66. The minimum atomic E-state index is 0.535. The normalized spacial score (nSPS) is 31.3. The van der Waals surface area contributed by atoms with Crippen molar-refractivity contribution in [3.8, 4) is 0 Å². The number of hydrogen-bond donors (Lipinski definition) is 0. The largest absolute Gasteiger partial charge is 0.303 e. The minimum Gasteiger partial charge on any atom is -0.303 e. The van der Waals surface area contributed by atoms with E-state index in [2.05, 4.69) is 31.1 Å². The third-order valence-corrected chi connectivity index (χ3v) is 3.38. The number of nitrogens with zero attached hydrogens (tertiary/aromatic N) is 1. The first-order valence-corrected chi connectivity index (χ1v) is 5.56. The fraction of sp³-hybridized carbons (Fsp3) is 0.750. The summed E-state index contributed by atoms with van der Waals surface area (Å²) in [5.74, 6) is 0. The van der Waals surface area contributed by atoms with Gasteiger partial charge in [-0.2, -0.15) is 0 Å². The van der Waals surface area contributed by atoms with E-state index in [1.807, 2.05) is 0 Å². The van der Waals surface area contributed by atoms with E-state index >= 15 is 0 Å². The molecule has 11 heavy (non-hydrogen) atoms. The summed E-state index contributed by atoms with van der Waals surface area (Å²) in [4.78, 5) is 2.24. The lowest BCUT2D eigenvalue weighted by molar-refractivity contribution is 0.317. The van der Waals surface area contributed by atoms with Gasteiger partial charge in [0.1, 0.15) is 0 Å². The van der Waals surface area contributed by atoms with Gasteiger partial charge in [-0.25, -0.2) is 0 Å². The van der Waals surface area contributed by atoms with Gasteiger partial charge in [0, 0.05) is 11.3 Å². The van der Waals surface area contributed by atoms with Crippen LogP contribution in [0.4, 0.5) is 0 Å². The van der Waals surface area contributed by atoms with E-state index in [9.17, 15) is 0 Å². The Balaban J connectivity index is 2.42. The molecule has 0 saturated heterocycles. The number of halogens is 1. The minimum absolute atomic E-state index is 0.535. The quantitative estimate of drug-likeness (QED) is 0.618. The zero-order chi connectivity index (χ0) is 8.27. The molecule has 1 nitrogen and oxygen atoms in total. The van der Waals surface area contributed by atoms with Gasteiger partial charge in [0.2, 0.25) is 0 Å². The number of hydrogen-bond acceptors (Lipinski definition) is 2. The Labute approximate surface area is 77.3 Å². The van der Waals surface area contributed by atoms with Crippen molar-refractivity contribution >= 4 is 21.7 Å².